The van der Waals surface area contributed by atoms with Crippen LogP contribution in [0.4, 0.5) is 0 Å². The normalized spacial score (nSPS) is 14.9. The topological polar surface area (TPSA) is 85.3 Å². The van der Waals surface area contributed by atoms with Crippen molar-refractivity contribution in [1.82, 2.24) is 9.21 Å². The number of aliphatic imine (C=N–C) groups is 1. The molecule has 1 aliphatic heterocycles. The third-order valence-electron chi connectivity index (χ3n) is 6.97. The lowest BCUT2D eigenvalue weighted by Gasteiger charge is -2.35. The summed E-state index contributed by atoms with van der Waals surface area (Å²) in [6.07, 6.45) is 0.526. The Hall–Kier alpha value is -2.91. The molecule has 9 heteroatoms. The van der Waals surface area contributed by atoms with E-state index in [9.17, 15) is 13.5 Å². The van der Waals surface area contributed by atoms with E-state index in [1.54, 1.807) is 24.3 Å². The first-order chi connectivity index (χ1) is 18.5. The molecule has 1 aliphatic rings. The Bertz CT molecular complexity index is 1430. The van der Waals surface area contributed by atoms with Crippen LogP contribution < -0.4 is 9.84 Å². The number of benzene rings is 3. The van der Waals surface area contributed by atoms with Gasteiger partial charge in [-0.25, -0.2) is 8.42 Å². The van der Waals surface area contributed by atoms with Crippen molar-refractivity contribution in [2.75, 3.05) is 26.7 Å². The summed E-state index contributed by atoms with van der Waals surface area (Å²) in [5, 5.41) is 13.6. The van der Waals surface area contributed by atoms with Crippen molar-refractivity contribution in [2.24, 2.45) is 4.99 Å². The summed E-state index contributed by atoms with van der Waals surface area (Å²) >= 11 is 6.02. The van der Waals surface area contributed by atoms with Gasteiger partial charge < -0.3 is 9.84 Å². The summed E-state index contributed by atoms with van der Waals surface area (Å²) in [5.41, 5.74) is 3.45. The highest BCUT2D eigenvalue weighted by Crippen LogP contribution is 2.27. The second kappa shape index (κ2) is 12.1. The van der Waals surface area contributed by atoms with Gasteiger partial charge in [0.25, 0.3) is 0 Å². The van der Waals surface area contributed by atoms with Crippen LogP contribution >= 0.6 is 11.6 Å². The first-order valence-corrected chi connectivity index (χ1v) is 14.8. The standard InChI is InChI=1S/C30H36ClN3O4S/c1-30(2,3)33(20-22-8-12-26(31)13-9-22)17-15-32-29(35)24-10-11-25-21-34(16-14-23(25)18-24)39(36,37)28-7-5-6-27(19-28)38-4/h5-13,18-19H,14-17,20-21H2,1-4H3,(H,32,35)/p-1. The zero-order valence-electron chi connectivity index (χ0n) is 22.9. The Morgan fingerprint density at radius 1 is 1.08 bits per heavy atom. The number of hydrogen-bond acceptors (Lipinski definition) is 6. The largest absolute Gasteiger partial charge is 0.858 e. The Labute approximate surface area is 236 Å². The molecule has 0 atom stereocenters. The van der Waals surface area contributed by atoms with Gasteiger partial charge in [0.2, 0.25) is 10.0 Å². The van der Waals surface area contributed by atoms with Gasteiger partial charge in [0.05, 0.1) is 18.6 Å². The highest BCUT2D eigenvalue weighted by molar-refractivity contribution is 7.89. The van der Waals surface area contributed by atoms with E-state index in [0.717, 1.165) is 23.2 Å². The molecule has 0 unspecified atom stereocenters. The molecule has 0 aromatic heterocycles. The number of sulfonamides is 1. The summed E-state index contributed by atoms with van der Waals surface area (Å²) in [6.45, 7) is 8.79. The summed E-state index contributed by atoms with van der Waals surface area (Å²) in [5.74, 6) is 0.237. The molecule has 0 spiro atoms. The fourth-order valence-electron chi connectivity index (χ4n) is 4.60. The van der Waals surface area contributed by atoms with Crippen LogP contribution in [0.1, 0.15) is 43.0 Å². The second-order valence-corrected chi connectivity index (χ2v) is 13.0. The van der Waals surface area contributed by atoms with Crippen molar-refractivity contribution in [3.05, 3.63) is 94.0 Å². The highest BCUT2D eigenvalue weighted by atomic mass is 35.5. The first-order valence-electron chi connectivity index (χ1n) is 12.9. The summed E-state index contributed by atoms with van der Waals surface area (Å²) in [7, 11) is -2.15. The van der Waals surface area contributed by atoms with Gasteiger partial charge in [-0.15, -0.1) is 0 Å². The molecule has 7 nitrogen and oxygen atoms in total. The number of rotatable bonds is 9. The zero-order chi connectivity index (χ0) is 28.2. The molecule has 0 radical (unpaired) electrons. The second-order valence-electron chi connectivity index (χ2n) is 10.7. The molecule has 39 heavy (non-hydrogen) atoms. The van der Waals surface area contributed by atoms with Crippen LogP contribution in [0.2, 0.25) is 5.02 Å². The van der Waals surface area contributed by atoms with Gasteiger partial charge in [-0.3, -0.25) is 9.89 Å². The van der Waals surface area contributed by atoms with E-state index in [1.165, 1.54) is 17.5 Å². The maximum atomic E-state index is 13.2. The molecule has 0 bridgehead atoms. The average molecular weight is 569 g/mol. The van der Waals surface area contributed by atoms with E-state index >= 15 is 0 Å². The smallest absolute Gasteiger partial charge is 0.243 e. The number of hydrogen-bond donors (Lipinski definition) is 0. The monoisotopic (exact) mass is 568 g/mol. The van der Waals surface area contributed by atoms with Gasteiger partial charge >= 0.3 is 0 Å². The van der Waals surface area contributed by atoms with Crippen LogP contribution in [-0.4, -0.2) is 55.8 Å². The van der Waals surface area contributed by atoms with Gasteiger partial charge in [-0.1, -0.05) is 48.0 Å². The van der Waals surface area contributed by atoms with E-state index in [-0.39, 0.29) is 22.9 Å². The minimum absolute atomic E-state index is 0.0961. The molecule has 1 heterocycles. The lowest BCUT2D eigenvalue weighted by Crippen LogP contribution is -2.42. The lowest BCUT2D eigenvalue weighted by atomic mass is 9.98. The molecule has 0 saturated heterocycles. The molecule has 208 valence electrons. The Balaban J connectivity index is 1.42. The van der Waals surface area contributed by atoms with Crippen molar-refractivity contribution in [3.8, 4) is 5.75 Å². The SMILES string of the molecule is COc1cccc(S(=O)(=O)N2CCc3cc(C([O-])=NCCN(Cc4ccc(Cl)cc4)C(C)(C)C)ccc3C2)c1. The van der Waals surface area contributed by atoms with Crippen LogP contribution in [0.3, 0.4) is 0 Å². The van der Waals surface area contributed by atoms with Crippen molar-refractivity contribution in [1.29, 1.82) is 0 Å². The fourth-order valence-corrected chi connectivity index (χ4v) is 6.18. The Kier molecular flexibility index (Phi) is 9.01. The van der Waals surface area contributed by atoms with E-state index in [2.05, 4.69) is 30.7 Å². The molecule has 4 rings (SSSR count). The molecule has 0 amide bonds. The molecule has 0 N–H and O–H groups in total. The van der Waals surface area contributed by atoms with Crippen molar-refractivity contribution < 1.29 is 18.3 Å². The fraction of sp³-hybridized carbons (Fsp3) is 0.367. The van der Waals surface area contributed by atoms with E-state index < -0.39 is 10.0 Å². The summed E-state index contributed by atoms with van der Waals surface area (Å²) < 4.78 is 33.1. The van der Waals surface area contributed by atoms with Crippen molar-refractivity contribution in [3.63, 3.8) is 0 Å². The molecular weight excluding hydrogens is 534 g/mol. The van der Waals surface area contributed by atoms with Crippen molar-refractivity contribution >= 4 is 27.5 Å². The van der Waals surface area contributed by atoms with Gasteiger partial charge in [0.15, 0.2) is 0 Å². The number of ether oxygens (including phenoxy) is 1. The highest BCUT2D eigenvalue weighted by Gasteiger charge is 2.29. The number of methoxy groups -OCH3 is 1. The van der Waals surface area contributed by atoms with Gasteiger partial charge in [-0.05, 0) is 79.6 Å². The Morgan fingerprint density at radius 3 is 2.51 bits per heavy atom. The van der Waals surface area contributed by atoms with Gasteiger partial charge in [0, 0.05) is 42.8 Å². The molecule has 0 aliphatic carbocycles. The Morgan fingerprint density at radius 2 is 1.82 bits per heavy atom. The molecular formula is C30H35ClN3O4S-. The lowest BCUT2D eigenvalue weighted by molar-refractivity contribution is -0.213. The van der Waals surface area contributed by atoms with Crippen LogP contribution in [0.25, 0.3) is 0 Å². The van der Waals surface area contributed by atoms with Crippen LogP contribution in [-0.2, 0) is 29.5 Å². The summed E-state index contributed by atoms with van der Waals surface area (Å²) in [4.78, 5) is 6.84. The third-order valence-corrected chi connectivity index (χ3v) is 9.06. The molecule has 0 fully saturated rings. The minimum atomic E-state index is -3.66. The van der Waals surface area contributed by atoms with Crippen LogP contribution in [0, 0.1) is 0 Å². The number of nitrogens with zero attached hydrogens (tertiary/aromatic N) is 3. The van der Waals surface area contributed by atoms with Crippen LogP contribution in [0.5, 0.6) is 5.75 Å². The van der Waals surface area contributed by atoms with Gasteiger partial charge in [-0.2, -0.15) is 4.31 Å². The van der Waals surface area contributed by atoms with E-state index in [0.29, 0.717) is 42.4 Å². The molecule has 0 saturated carbocycles. The third kappa shape index (κ3) is 7.19. The maximum Gasteiger partial charge on any atom is 0.243 e. The number of fused-ring (bicyclic) bond motifs is 1. The van der Waals surface area contributed by atoms with E-state index in [1.807, 2.05) is 36.4 Å². The zero-order valence-corrected chi connectivity index (χ0v) is 24.4. The molecule has 3 aromatic rings. The average Bonchev–Trinajstić information content (AvgIpc) is 2.92. The van der Waals surface area contributed by atoms with E-state index in [4.69, 9.17) is 16.3 Å². The van der Waals surface area contributed by atoms with Gasteiger partial charge in [0.1, 0.15) is 5.75 Å². The quantitative estimate of drug-likeness (QED) is 0.280. The minimum Gasteiger partial charge on any atom is -0.858 e. The van der Waals surface area contributed by atoms with Crippen molar-refractivity contribution in [2.45, 2.75) is 50.7 Å². The predicted molar refractivity (Wildman–Crippen MR) is 154 cm³/mol. The number of halogens is 1. The molecule has 3 aromatic carbocycles. The first kappa shape index (κ1) is 29.1. The predicted octanol–water partition coefficient (Wildman–Crippen LogP) is 4.50. The summed E-state index contributed by atoms with van der Waals surface area (Å²) in [6, 6.07) is 19.7. The maximum absolute atomic E-state index is 13.2. The van der Waals surface area contributed by atoms with Crippen LogP contribution in [0.15, 0.2) is 76.6 Å².